The molecule has 1 nitrogen and oxygen atoms in total. The van der Waals surface area contributed by atoms with Crippen molar-refractivity contribution in [2.24, 2.45) is 0 Å². The normalized spacial score (nSPS) is 11.9. The molecule has 0 aliphatic rings. The SMILES string of the molecule is CC(Cc1ccc(OCc2cccc(CCl)c2)cc1)c1ccccc1. The van der Waals surface area contributed by atoms with Crippen LogP contribution >= 0.6 is 11.6 Å². The fourth-order valence-electron chi connectivity index (χ4n) is 2.94. The average Bonchev–Trinajstić information content (AvgIpc) is 2.68. The summed E-state index contributed by atoms with van der Waals surface area (Å²) in [4.78, 5) is 0. The van der Waals surface area contributed by atoms with Gasteiger partial charge in [0.05, 0.1) is 0 Å². The molecule has 0 N–H and O–H groups in total. The Balaban J connectivity index is 1.56. The Morgan fingerprint density at radius 1 is 0.800 bits per heavy atom. The summed E-state index contributed by atoms with van der Waals surface area (Å²) in [7, 11) is 0. The summed E-state index contributed by atoms with van der Waals surface area (Å²) in [6, 6.07) is 27.3. The van der Waals surface area contributed by atoms with Crippen molar-refractivity contribution in [3.8, 4) is 5.75 Å². The first-order chi connectivity index (χ1) is 12.2. The molecule has 0 saturated heterocycles. The molecule has 25 heavy (non-hydrogen) atoms. The van der Waals surface area contributed by atoms with Crippen LogP contribution in [0.15, 0.2) is 78.9 Å². The van der Waals surface area contributed by atoms with Crippen LogP contribution in [-0.4, -0.2) is 0 Å². The van der Waals surface area contributed by atoms with Gasteiger partial charge in [-0.3, -0.25) is 0 Å². The summed E-state index contributed by atoms with van der Waals surface area (Å²) in [5.41, 5.74) is 4.96. The molecule has 0 amide bonds. The molecule has 1 unspecified atom stereocenters. The number of benzene rings is 3. The lowest BCUT2D eigenvalue weighted by Gasteiger charge is -2.13. The van der Waals surface area contributed by atoms with E-state index in [-0.39, 0.29) is 0 Å². The van der Waals surface area contributed by atoms with Crippen molar-refractivity contribution in [2.45, 2.75) is 31.7 Å². The van der Waals surface area contributed by atoms with E-state index in [0.29, 0.717) is 18.4 Å². The minimum atomic E-state index is 0.506. The summed E-state index contributed by atoms with van der Waals surface area (Å²) in [6.45, 7) is 2.83. The van der Waals surface area contributed by atoms with E-state index in [2.05, 4.69) is 73.7 Å². The van der Waals surface area contributed by atoms with Gasteiger partial charge in [-0.25, -0.2) is 0 Å². The van der Waals surface area contributed by atoms with Crippen molar-refractivity contribution in [3.05, 3.63) is 101 Å². The third-order valence-corrected chi connectivity index (χ3v) is 4.69. The molecule has 0 spiro atoms. The van der Waals surface area contributed by atoms with Gasteiger partial charge < -0.3 is 4.74 Å². The summed E-state index contributed by atoms with van der Waals surface area (Å²) in [6.07, 6.45) is 1.03. The van der Waals surface area contributed by atoms with Crippen LogP contribution in [0.4, 0.5) is 0 Å². The summed E-state index contributed by atoms with van der Waals surface area (Å²) in [5.74, 6) is 1.93. The van der Waals surface area contributed by atoms with Crippen LogP contribution in [0, 0.1) is 0 Å². The molecule has 1 atom stereocenters. The van der Waals surface area contributed by atoms with Gasteiger partial charge >= 0.3 is 0 Å². The zero-order valence-electron chi connectivity index (χ0n) is 14.5. The third kappa shape index (κ3) is 5.11. The first-order valence-electron chi connectivity index (χ1n) is 8.65. The van der Waals surface area contributed by atoms with E-state index in [1.807, 2.05) is 12.1 Å². The number of hydrogen-bond donors (Lipinski definition) is 0. The van der Waals surface area contributed by atoms with Crippen LogP contribution in [0.3, 0.4) is 0 Å². The molecule has 0 heterocycles. The molecule has 0 aliphatic heterocycles. The Kier molecular flexibility index (Phi) is 6.14. The molecule has 3 aromatic carbocycles. The van der Waals surface area contributed by atoms with Gasteiger partial charge in [-0.15, -0.1) is 11.6 Å². The van der Waals surface area contributed by atoms with Crippen molar-refractivity contribution in [1.82, 2.24) is 0 Å². The molecule has 0 aromatic heterocycles. The van der Waals surface area contributed by atoms with E-state index >= 15 is 0 Å². The van der Waals surface area contributed by atoms with Gasteiger partial charge in [0.2, 0.25) is 0 Å². The smallest absolute Gasteiger partial charge is 0.119 e. The van der Waals surface area contributed by atoms with Gasteiger partial charge in [-0.05, 0) is 46.7 Å². The zero-order chi connectivity index (χ0) is 17.5. The van der Waals surface area contributed by atoms with Crippen molar-refractivity contribution in [1.29, 1.82) is 0 Å². The lowest BCUT2D eigenvalue weighted by atomic mass is 9.94. The molecular formula is C23H23ClO. The average molecular weight is 351 g/mol. The zero-order valence-corrected chi connectivity index (χ0v) is 15.2. The quantitative estimate of drug-likeness (QED) is 0.451. The third-order valence-electron chi connectivity index (χ3n) is 4.39. The molecule has 3 aromatic rings. The minimum Gasteiger partial charge on any atom is -0.489 e. The van der Waals surface area contributed by atoms with Crippen LogP contribution in [0.5, 0.6) is 5.75 Å². The van der Waals surface area contributed by atoms with E-state index in [1.54, 1.807) is 0 Å². The van der Waals surface area contributed by atoms with Crippen molar-refractivity contribution < 1.29 is 4.74 Å². The molecular weight excluding hydrogens is 328 g/mol. The predicted molar refractivity (Wildman–Crippen MR) is 105 cm³/mol. The summed E-state index contributed by atoms with van der Waals surface area (Å²) in [5, 5.41) is 0. The fraction of sp³-hybridized carbons (Fsp3) is 0.217. The number of ether oxygens (including phenoxy) is 1. The molecule has 128 valence electrons. The highest BCUT2D eigenvalue weighted by Crippen LogP contribution is 2.22. The van der Waals surface area contributed by atoms with Crippen LogP contribution in [0.2, 0.25) is 0 Å². The highest BCUT2D eigenvalue weighted by molar-refractivity contribution is 6.17. The van der Waals surface area contributed by atoms with E-state index < -0.39 is 0 Å². The molecule has 0 fully saturated rings. The highest BCUT2D eigenvalue weighted by Gasteiger charge is 2.06. The van der Waals surface area contributed by atoms with E-state index in [4.69, 9.17) is 16.3 Å². The number of hydrogen-bond acceptors (Lipinski definition) is 1. The van der Waals surface area contributed by atoms with Crippen molar-refractivity contribution in [3.63, 3.8) is 0 Å². The molecule has 3 rings (SSSR count). The second-order valence-electron chi connectivity index (χ2n) is 6.40. The first-order valence-corrected chi connectivity index (χ1v) is 9.18. The number of alkyl halides is 1. The van der Waals surface area contributed by atoms with Crippen LogP contribution < -0.4 is 4.74 Å². The maximum absolute atomic E-state index is 5.89. The number of halogens is 1. The lowest BCUT2D eigenvalue weighted by Crippen LogP contribution is -1.99. The van der Waals surface area contributed by atoms with Crippen molar-refractivity contribution >= 4 is 11.6 Å². The van der Waals surface area contributed by atoms with E-state index in [1.165, 1.54) is 11.1 Å². The predicted octanol–water partition coefficient (Wildman–Crippen LogP) is 6.35. The maximum atomic E-state index is 5.89. The Morgan fingerprint density at radius 3 is 2.24 bits per heavy atom. The number of rotatable bonds is 7. The monoisotopic (exact) mass is 350 g/mol. The lowest BCUT2D eigenvalue weighted by molar-refractivity contribution is 0.306. The van der Waals surface area contributed by atoms with Crippen LogP contribution in [0.1, 0.15) is 35.1 Å². The van der Waals surface area contributed by atoms with Crippen LogP contribution in [-0.2, 0) is 18.9 Å². The fourth-order valence-corrected chi connectivity index (χ4v) is 3.11. The Bertz CT molecular complexity index is 781. The van der Waals surface area contributed by atoms with E-state index in [9.17, 15) is 0 Å². The highest BCUT2D eigenvalue weighted by atomic mass is 35.5. The Morgan fingerprint density at radius 2 is 1.52 bits per heavy atom. The largest absolute Gasteiger partial charge is 0.489 e. The van der Waals surface area contributed by atoms with Gasteiger partial charge in [0.15, 0.2) is 0 Å². The molecule has 0 bridgehead atoms. The summed E-state index contributed by atoms with van der Waals surface area (Å²) >= 11 is 5.88. The van der Waals surface area contributed by atoms with Gasteiger partial charge in [0.1, 0.15) is 12.4 Å². The van der Waals surface area contributed by atoms with Gasteiger partial charge in [-0.2, -0.15) is 0 Å². The molecule has 2 heteroatoms. The Labute approximate surface area is 155 Å². The van der Waals surface area contributed by atoms with Crippen molar-refractivity contribution in [2.75, 3.05) is 0 Å². The van der Waals surface area contributed by atoms with Gasteiger partial charge in [-0.1, -0.05) is 73.7 Å². The first kappa shape index (κ1) is 17.6. The Hall–Kier alpha value is -2.25. The molecule has 0 saturated carbocycles. The van der Waals surface area contributed by atoms with Gasteiger partial charge in [0.25, 0.3) is 0 Å². The summed E-state index contributed by atoms with van der Waals surface area (Å²) < 4.78 is 5.89. The molecule has 0 aliphatic carbocycles. The minimum absolute atomic E-state index is 0.506. The van der Waals surface area contributed by atoms with E-state index in [0.717, 1.165) is 23.3 Å². The standard InChI is InChI=1S/C23H23ClO/c1-18(22-8-3-2-4-9-22)14-19-10-12-23(13-11-19)25-17-21-7-5-6-20(15-21)16-24/h2-13,15,18H,14,16-17H2,1H3. The second-order valence-corrected chi connectivity index (χ2v) is 6.67. The molecule has 0 radical (unpaired) electrons. The maximum Gasteiger partial charge on any atom is 0.119 e. The van der Waals surface area contributed by atoms with Gasteiger partial charge in [0, 0.05) is 5.88 Å². The van der Waals surface area contributed by atoms with Crippen LogP contribution in [0.25, 0.3) is 0 Å². The second kappa shape index (κ2) is 8.73. The topological polar surface area (TPSA) is 9.23 Å².